The molecule has 0 spiro atoms. The molecule has 1 aromatic rings. The van der Waals surface area contributed by atoms with Gasteiger partial charge in [-0.15, -0.1) is 11.8 Å². The average molecular weight is 334 g/mol. The van der Waals surface area contributed by atoms with E-state index in [4.69, 9.17) is 9.84 Å². The first kappa shape index (κ1) is 15.4. The number of carbonyl (C=O) groups excluding carboxylic acids is 2. The number of fused-ring (bicyclic) bond motifs is 1. The quantitative estimate of drug-likeness (QED) is 0.773. The number of β-lactam (4-membered cyclic amide) rings is 1. The number of carbonyl (C=O) groups is 3. The molecule has 2 N–H and O–H groups in total. The molecular weight excluding hydrogens is 320 g/mol. The Hall–Kier alpha value is -2.48. The highest BCUT2D eigenvalue weighted by Gasteiger charge is 2.55. The second kappa shape index (κ2) is 5.96. The second-order valence-electron chi connectivity index (χ2n) is 5.07. The van der Waals surface area contributed by atoms with Crippen molar-refractivity contribution in [1.82, 2.24) is 10.2 Å². The van der Waals surface area contributed by atoms with Gasteiger partial charge in [-0.05, 0) is 19.1 Å². The van der Waals surface area contributed by atoms with Gasteiger partial charge < -0.3 is 15.2 Å². The number of para-hydroxylation sites is 1. The van der Waals surface area contributed by atoms with Crippen LogP contribution in [0, 0.1) is 0 Å². The summed E-state index contributed by atoms with van der Waals surface area (Å²) in [7, 11) is 0. The predicted octanol–water partition coefficient (Wildman–Crippen LogP) is 0.781. The molecular formula is C15H14N2O5S. The highest BCUT2D eigenvalue weighted by Crippen LogP contribution is 2.45. The monoisotopic (exact) mass is 334 g/mol. The van der Waals surface area contributed by atoms with Gasteiger partial charge >= 0.3 is 5.97 Å². The minimum absolute atomic E-state index is 0.00367. The van der Waals surface area contributed by atoms with Crippen LogP contribution >= 0.6 is 11.8 Å². The van der Waals surface area contributed by atoms with Crippen molar-refractivity contribution < 1.29 is 24.2 Å². The molecule has 8 heteroatoms. The molecule has 0 unspecified atom stereocenters. The summed E-state index contributed by atoms with van der Waals surface area (Å²) in [6.07, 6.45) is 0. The van der Waals surface area contributed by atoms with E-state index in [0.29, 0.717) is 10.7 Å². The highest BCUT2D eigenvalue weighted by molar-refractivity contribution is 8.04. The first-order valence-corrected chi connectivity index (χ1v) is 7.78. The zero-order chi connectivity index (χ0) is 16.6. The van der Waals surface area contributed by atoms with Crippen molar-refractivity contribution in [2.24, 2.45) is 0 Å². The Morgan fingerprint density at radius 2 is 2.04 bits per heavy atom. The van der Waals surface area contributed by atoms with E-state index in [1.807, 2.05) is 6.07 Å². The largest absolute Gasteiger partial charge is 0.484 e. The number of ether oxygens (including phenoxy) is 1. The SMILES string of the molecule is CC1=C(C(=O)O)N2C(=O)[C@@H](NC(=O)COc3ccccc3)[C@H]2S1. The summed E-state index contributed by atoms with van der Waals surface area (Å²) in [5.41, 5.74) is -0.00367. The van der Waals surface area contributed by atoms with Crippen molar-refractivity contribution in [1.29, 1.82) is 0 Å². The summed E-state index contributed by atoms with van der Waals surface area (Å²) < 4.78 is 5.32. The number of rotatable bonds is 5. The van der Waals surface area contributed by atoms with Crippen LogP contribution in [-0.2, 0) is 14.4 Å². The average Bonchev–Trinajstić information content (AvgIpc) is 2.85. The van der Waals surface area contributed by atoms with Crippen molar-refractivity contribution in [2.45, 2.75) is 18.3 Å². The Morgan fingerprint density at radius 1 is 1.35 bits per heavy atom. The first-order chi connectivity index (χ1) is 11.0. The van der Waals surface area contributed by atoms with Gasteiger partial charge in [-0.2, -0.15) is 0 Å². The molecule has 1 saturated heterocycles. The van der Waals surface area contributed by atoms with Gasteiger partial charge in [-0.25, -0.2) is 4.79 Å². The van der Waals surface area contributed by atoms with E-state index in [-0.39, 0.29) is 12.3 Å². The third kappa shape index (κ3) is 2.77. The molecule has 23 heavy (non-hydrogen) atoms. The van der Waals surface area contributed by atoms with Crippen LogP contribution in [0.15, 0.2) is 40.9 Å². The standard InChI is InChI=1S/C15H14N2O5S/c1-8-12(15(20)21)17-13(19)11(14(17)23-8)16-10(18)7-22-9-5-3-2-4-6-9/h2-6,11,14H,7H2,1H3,(H,16,18)(H,20,21)/t11-,14-/m1/s1. The number of carboxylic acids is 1. The lowest BCUT2D eigenvalue weighted by Crippen LogP contribution is -2.68. The fourth-order valence-electron chi connectivity index (χ4n) is 2.50. The number of nitrogens with zero attached hydrogens (tertiary/aromatic N) is 1. The number of amides is 2. The van der Waals surface area contributed by atoms with Crippen molar-refractivity contribution in [3.63, 3.8) is 0 Å². The molecule has 2 atom stereocenters. The zero-order valence-electron chi connectivity index (χ0n) is 12.2. The molecule has 0 saturated carbocycles. The summed E-state index contributed by atoms with van der Waals surface area (Å²) in [4.78, 5) is 36.9. The lowest BCUT2D eigenvalue weighted by atomic mass is 10.1. The summed E-state index contributed by atoms with van der Waals surface area (Å²) in [6, 6.07) is 8.14. The Morgan fingerprint density at radius 3 is 2.70 bits per heavy atom. The van der Waals surface area contributed by atoms with Gasteiger partial charge in [0.05, 0.1) is 0 Å². The van der Waals surface area contributed by atoms with Crippen LogP contribution in [0.4, 0.5) is 0 Å². The molecule has 120 valence electrons. The molecule has 2 amide bonds. The van der Waals surface area contributed by atoms with Crippen LogP contribution in [0.1, 0.15) is 6.92 Å². The maximum Gasteiger partial charge on any atom is 0.353 e. The van der Waals surface area contributed by atoms with E-state index >= 15 is 0 Å². The minimum atomic E-state index is -1.14. The lowest BCUT2D eigenvalue weighted by Gasteiger charge is -2.42. The van der Waals surface area contributed by atoms with Crippen molar-refractivity contribution >= 4 is 29.5 Å². The molecule has 2 heterocycles. The Kier molecular flexibility index (Phi) is 3.99. The highest BCUT2D eigenvalue weighted by atomic mass is 32.2. The van der Waals surface area contributed by atoms with Gasteiger partial charge in [-0.3, -0.25) is 14.5 Å². The fraction of sp³-hybridized carbons (Fsp3) is 0.267. The van der Waals surface area contributed by atoms with Crippen molar-refractivity contribution in [3.8, 4) is 5.75 Å². The molecule has 0 aliphatic carbocycles. The van der Waals surface area contributed by atoms with Gasteiger partial charge in [0, 0.05) is 4.91 Å². The number of nitrogens with one attached hydrogen (secondary N) is 1. The van der Waals surface area contributed by atoms with E-state index in [1.54, 1.807) is 31.2 Å². The molecule has 0 aromatic heterocycles. The van der Waals surface area contributed by atoms with E-state index in [1.165, 1.54) is 16.7 Å². The van der Waals surface area contributed by atoms with Gasteiger partial charge in [0.25, 0.3) is 11.8 Å². The van der Waals surface area contributed by atoms with Crippen LogP contribution < -0.4 is 10.1 Å². The van der Waals surface area contributed by atoms with Gasteiger partial charge in [0.15, 0.2) is 6.61 Å². The predicted molar refractivity (Wildman–Crippen MR) is 82.4 cm³/mol. The number of hydrogen-bond acceptors (Lipinski definition) is 5. The molecule has 0 bridgehead atoms. The van der Waals surface area contributed by atoms with Gasteiger partial charge in [0.2, 0.25) is 0 Å². The molecule has 0 radical (unpaired) electrons. The third-order valence-corrected chi connectivity index (χ3v) is 4.82. The van der Waals surface area contributed by atoms with Crippen molar-refractivity contribution in [2.75, 3.05) is 6.61 Å². The molecule has 3 rings (SSSR count). The van der Waals surface area contributed by atoms with Gasteiger partial charge in [0.1, 0.15) is 22.9 Å². The molecule has 2 aliphatic rings. The van der Waals surface area contributed by atoms with E-state index in [2.05, 4.69) is 5.32 Å². The molecule has 7 nitrogen and oxygen atoms in total. The maximum atomic E-state index is 12.1. The van der Waals surface area contributed by atoms with Crippen LogP contribution in [-0.4, -0.2) is 45.8 Å². The third-order valence-electron chi connectivity index (χ3n) is 3.55. The number of aliphatic carboxylic acids is 1. The Balaban J connectivity index is 1.56. The molecule has 2 aliphatic heterocycles. The van der Waals surface area contributed by atoms with E-state index < -0.39 is 29.2 Å². The van der Waals surface area contributed by atoms with Crippen LogP contribution in [0.5, 0.6) is 5.75 Å². The minimum Gasteiger partial charge on any atom is -0.484 e. The Bertz CT molecular complexity index is 703. The summed E-state index contributed by atoms with van der Waals surface area (Å²) in [5.74, 6) is -1.41. The summed E-state index contributed by atoms with van der Waals surface area (Å²) >= 11 is 1.27. The smallest absolute Gasteiger partial charge is 0.353 e. The molecule has 1 fully saturated rings. The summed E-state index contributed by atoms with van der Waals surface area (Å²) in [6.45, 7) is 1.44. The number of allylic oxidation sites excluding steroid dienone is 1. The number of benzene rings is 1. The first-order valence-electron chi connectivity index (χ1n) is 6.90. The summed E-state index contributed by atoms with van der Waals surface area (Å²) in [5, 5.41) is 11.3. The lowest BCUT2D eigenvalue weighted by molar-refractivity contribution is -0.150. The second-order valence-corrected chi connectivity index (χ2v) is 6.40. The van der Waals surface area contributed by atoms with E-state index in [0.717, 1.165) is 0 Å². The number of thioether (sulfide) groups is 1. The maximum absolute atomic E-state index is 12.1. The Labute approximate surface area is 136 Å². The van der Waals surface area contributed by atoms with E-state index in [9.17, 15) is 14.4 Å². The van der Waals surface area contributed by atoms with Crippen LogP contribution in [0.3, 0.4) is 0 Å². The zero-order valence-corrected chi connectivity index (χ0v) is 13.0. The molecule has 1 aromatic carbocycles. The number of hydrogen-bond donors (Lipinski definition) is 2. The van der Waals surface area contributed by atoms with Crippen LogP contribution in [0.25, 0.3) is 0 Å². The van der Waals surface area contributed by atoms with Gasteiger partial charge in [-0.1, -0.05) is 18.2 Å². The fourth-order valence-corrected chi connectivity index (χ4v) is 3.79. The van der Waals surface area contributed by atoms with Crippen LogP contribution in [0.2, 0.25) is 0 Å². The number of carboxylic acid groups (broad SMARTS) is 1. The van der Waals surface area contributed by atoms with Crippen molar-refractivity contribution in [3.05, 3.63) is 40.9 Å². The normalized spacial score (nSPS) is 22.5. The topological polar surface area (TPSA) is 95.9 Å².